The number of aliphatic imine (C=N–C) groups is 1. The summed E-state index contributed by atoms with van der Waals surface area (Å²) >= 11 is 0. The van der Waals surface area contributed by atoms with Gasteiger partial charge in [-0.3, -0.25) is 9.89 Å². The monoisotopic (exact) mass is 388 g/mol. The van der Waals surface area contributed by atoms with Crippen molar-refractivity contribution in [1.82, 2.24) is 15.5 Å². The molecular formula is C22H36N4O2. The molecule has 2 N–H and O–H groups in total. The van der Waals surface area contributed by atoms with Gasteiger partial charge in [0, 0.05) is 31.8 Å². The van der Waals surface area contributed by atoms with Crippen LogP contribution in [0.5, 0.6) is 5.75 Å². The first-order valence-corrected chi connectivity index (χ1v) is 10.9. The molecule has 1 aromatic rings. The number of likely N-dealkylation sites (tertiary alicyclic amines) is 1. The van der Waals surface area contributed by atoms with Crippen molar-refractivity contribution >= 4 is 5.96 Å². The highest BCUT2D eigenvalue weighted by Gasteiger charge is 2.39. The van der Waals surface area contributed by atoms with Gasteiger partial charge in [0.1, 0.15) is 5.75 Å². The molecule has 0 aromatic heterocycles. The number of nitrogens with zero attached hydrogens (tertiary/aromatic N) is 2. The van der Waals surface area contributed by atoms with Crippen LogP contribution in [-0.2, 0) is 4.74 Å². The highest BCUT2D eigenvalue weighted by atomic mass is 16.5. The lowest BCUT2D eigenvalue weighted by Crippen LogP contribution is -2.54. The fourth-order valence-electron chi connectivity index (χ4n) is 4.07. The summed E-state index contributed by atoms with van der Waals surface area (Å²) in [5.41, 5.74) is 0.174. The molecule has 6 nitrogen and oxygen atoms in total. The average molecular weight is 389 g/mol. The molecule has 0 spiro atoms. The Bertz CT molecular complexity index is 581. The summed E-state index contributed by atoms with van der Waals surface area (Å²) in [5, 5.41) is 6.85. The van der Waals surface area contributed by atoms with Gasteiger partial charge in [-0.2, -0.15) is 0 Å². The van der Waals surface area contributed by atoms with Crippen molar-refractivity contribution in [1.29, 1.82) is 0 Å². The maximum atomic E-state index is 5.77. The molecule has 0 bridgehead atoms. The average Bonchev–Trinajstić information content (AvgIpc) is 3.29. The zero-order valence-corrected chi connectivity index (χ0v) is 17.3. The first kappa shape index (κ1) is 20.9. The first-order chi connectivity index (χ1) is 13.8. The number of rotatable bonds is 9. The highest BCUT2D eigenvalue weighted by molar-refractivity contribution is 5.79. The van der Waals surface area contributed by atoms with Gasteiger partial charge in [0.05, 0.1) is 13.2 Å². The third-order valence-electron chi connectivity index (χ3n) is 5.70. The topological polar surface area (TPSA) is 58.1 Å². The maximum Gasteiger partial charge on any atom is 0.191 e. The summed E-state index contributed by atoms with van der Waals surface area (Å²) in [6, 6.07) is 9.97. The molecule has 0 saturated carbocycles. The molecule has 2 fully saturated rings. The van der Waals surface area contributed by atoms with Crippen molar-refractivity contribution in [2.24, 2.45) is 4.99 Å². The van der Waals surface area contributed by atoms with Gasteiger partial charge >= 0.3 is 0 Å². The van der Waals surface area contributed by atoms with Gasteiger partial charge in [0.15, 0.2) is 5.96 Å². The molecular weight excluding hydrogens is 352 g/mol. The second-order valence-electron chi connectivity index (χ2n) is 7.67. The molecule has 28 heavy (non-hydrogen) atoms. The van der Waals surface area contributed by atoms with E-state index in [2.05, 4.69) is 22.5 Å². The number of hydrogen-bond donors (Lipinski definition) is 2. The fourth-order valence-corrected chi connectivity index (χ4v) is 4.07. The van der Waals surface area contributed by atoms with Crippen molar-refractivity contribution in [3.8, 4) is 5.75 Å². The van der Waals surface area contributed by atoms with Crippen LogP contribution in [0.3, 0.4) is 0 Å². The third-order valence-corrected chi connectivity index (χ3v) is 5.70. The van der Waals surface area contributed by atoms with E-state index in [0.717, 1.165) is 63.8 Å². The van der Waals surface area contributed by atoms with E-state index in [-0.39, 0.29) is 5.54 Å². The molecule has 0 atom stereocenters. The van der Waals surface area contributed by atoms with E-state index in [0.29, 0.717) is 6.61 Å². The molecule has 0 aliphatic carbocycles. The van der Waals surface area contributed by atoms with E-state index in [9.17, 15) is 0 Å². The Labute approximate surface area is 169 Å². The number of benzene rings is 1. The van der Waals surface area contributed by atoms with E-state index < -0.39 is 0 Å². The lowest BCUT2D eigenvalue weighted by molar-refractivity contribution is -0.0139. The molecule has 1 aromatic carbocycles. The number of hydrogen-bond acceptors (Lipinski definition) is 4. The van der Waals surface area contributed by atoms with E-state index in [1.54, 1.807) is 0 Å². The first-order valence-electron chi connectivity index (χ1n) is 10.9. The van der Waals surface area contributed by atoms with Gasteiger partial charge in [-0.25, -0.2) is 0 Å². The van der Waals surface area contributed by atoms with Gasteiger partial charge in [-0.1, -0.05) is 18.2 Å². The van der Waals surface area contributed by atoms with E-state index in [4.69, 9.17) is 14.5 Å². The maximum absolute atomic E-state index is 5.77. The second-order valence-corrected chi connectivity index (χ2v) is 7.67. The van der Waals surface area contributed by atoms with Crippen molar-refractivity contribution < 1.29 is 9.47 Å². The predicted octanol–water partition coefficient (Wildman–Crippen LogP) is 2.66. The molecule has 0 unspecified atom stereocenters. The van der Waals surface area contributed by atoms with Gasteiger partial charge in [0.2, 0.25) is 0 Å². The Morgan fingerprint density at radius 2 is 1.89 bits per heavy atom. The third kappa shape index (κ3) is 6.11. The van der Waals surface area contributed by atoms with Gasteiger partial charge in [0.25, 0.3) is 0 Å². The quantitative estimate of drug-likeness (QED) is 0.387. The van der Waals surface area contributed by atoms with E-state index in [1.165, 1.54) is 25.9 Å². The van der Waals surface area contributed by atoms with Crippen LogP contribution >= 0.6 is 0 Å². The molecule has 2 aliphatic rings. The zero-order chi connectivity index (χ0) is 19.5. The SMILES string of the molecule is CCNC(=NCC1(N2CCCC2)CCOCC1)NCCCOc1ccccc1. The summed E-state index contributed by atoms with van der Waals surface area (Å²) in [4.78, 5) is 7.63. The minimum atomic E-state index is 0.174. The summed E-state index contributed by atoms with van der Waals surface area (Å²) in [7, 11) is 0. The molecule has 2 saturated heterocycles. The van der Waals surface area contributed by atoms with E-state index in [1.807, 2.05) is 30.3 Å². The minimum Gasteiger partial charge on any atom is -0.494 e. The molecule has 0 radical (unpaired) electrons. The normalized spacial score (nSPS) is 20.1. The van der Waals surface area contributed by atoms with Crippen LogP contribution < -0.4 is 15.4 Å². The fraction of sp³-hybridized carbons (Fsp3) is 0.682. The molecule has 156 valence electrons. The van der Waals surface area contributed by atoms with Gasteiger partial charge in [-0.05, 0) is 64.3 Å². The lowest BCUT2D eigenvalue weighted by Gasteiger charge is -2.43. The predicted molar refractivity (Wildman–Crippen MR) is 114 cm³/mol. The van der Waals surface area contributed by atoms with Crippen LogP contribution in [0.4, 0.5) is 0 Å². The van der Waals surface area contributed by atoms with Crippen molar-refractivity contribution in [2.75, 3.05) is 52.5 Å². The molecule has 6 heteroatoms. The minimum absolute atomic E-state index is 0.174. The highest BCUT2D eigenvalue weighted by Crippen LogP contribution is 2.31. The molecule has 3 rings (SSSR count). The van der Waals surface area contributed by atoms with Crippen LogP contribution in [0.1, 0.15) is 39.0 Å². The second kappa shape index (κ2) is 11.3. The Balaban J connectivity index is 1.48. The summed E-state index contributed by atoms with van der Waals surface area (Å²) < 4.78 is 11.4. The van der Waals surface area contributed by atoms with Crippen molar-refractivity contribution in [2.45, 2.75) is 44.6 Å². The summed E-state index contributed by atoms with van der Waals surface area (Å²) in [6.07, 6.45) is 5.73. The van der Waals surface area contributed by atoms with Gasteiger partial charge in [-0.15, -0.1) is 0 Å². The Morgan fingerprint density at radius 1 is 1.14 bits per heavy atom. The number of nitrogens with one attached hydrogen (secondary N) is 2. The Morgan fingerprint density at radius 3 is 2.61 bits per heavy atom. The van der Waals surface area contributed by atoms with Crippen LogP contribution in [0.2, 0.25) is 0 Å². The van der Waals surface area contributed by atoms with Crippen LogP contribution in [0.25, 0.3) is 0 Å². The lowest BCUT2D eigenvalue weighted by atomic mass is 9.88. The Hall–Kier alpha value is -1.79. The molecule has 2 heterocycles. The number of guanidine groups is 1. The van der Waals surface area contributed by atoms with E-state index >= 15 is 0 Å². The summed E-state index contributed by atoms with van der Waals surface area (Å²) in [6.45, 7) is 9.48. The largest absolute Gasteiger partial charge is 0.494 e. The molecule has 2 aliphatic heterocycles. The number of ether oxygens (including phenoxy) is 2. The van der Waals surface area contributed by atoms with Crippen LogP contribution in [0, 0.1) is 0 Å². The van der Waals surface area contributed by atoms with Gasteiger partial charge < -0.3 is 20.1 Å². The number of para-hydroxylation sites is 1. The van der Waals surface area contributed by atoms with Crippen molar-refractivity contribution in [3.63, 3.8) is 0 Å². The van der Waals surface area contributed by atoms with Crippen molar-refractivity contribution in [3.05, 3.63) is 30.3 Å². The summed E-state index contributed by atoms with van der Waals surface area (Å²) in [5.74, 6) is 1.84. The zero-order valence-electron chi connectivity index (χ0n) is 17.3. The van der Waals surface area contributed by atoms with Crippen LogP contribution in [-0.4, -0.2) is 68.9 Å². The smallest absolute Gasteiger partial charge is 0.191 e. The Kier molecular flexibility index (Phi) is 8.42. The standard InChI is InChI=1S/C22H36N4O2/c1-2-23-21(24-13-8-16-28-20-9-4-3-5-10-20)25-19-22(11-17-27-18-12-22)26-14-6-7-15-26/h3-5,9-10H,2,6-8,11-19H2,1H3,(H2,23,24,25). The molecule has 0 amide bonds. The van der Waals surface area contributed by atoms with Crippen LogP contribution in [0.15, 0.2) is 35.3 Å².